The van der Waals surface area contributed by atoms with Crippen LogP contribution in [-0.2, 0) is 6.54 Å². The summed E-state index contributed by atoms with van der Waals surface area (Å²) in [7, 11) is 0. The number of nitrogens with two attached hydrogens (primary N) is 1. The van der Waals surface area contributed by atoms with E-state index in [4.69, 9.17) is 5.73 Å². The van der Waals surface area contributed by atoms with Gasteiger partial charge in [0.15, 0.2) is 0 Å². The van der Waals surface area contributed by atoms with Gasteiger partial charge in [0.05, 0.1) is 0 Å². The monoisotopic (exact) mass is 230 g/mol. The maximum absolute atomic E-state index is 5.74. The van der Waals surface area contributed by atoms with E-state index in [1.165, 1.54) is 16.0 Å². The molecular weight excluding hydrogens is 216 g/mol. The first kappa shape index (κ1) is 11.2. The second-order valence-corrected chi connectivity index (χ2v) is 4.57. The van der Waals surface area contributed by atoms with Crippen molar-refractivity contribution in [3.8, 4) is 0 Å². The predicted octanol–water partition coefficient (Wildman–Crippen LogP) is 3.00. The molecule has 0 bridgehead atoms. The predicted molar refractivity (Wildman–Crippen MR) is 67.4 cm³/mol. The Morgan fingerprint density at radius 2 is 2.06 bits per heavy atom. The van der Waals surface area contributed by atoms with Crippen LogP contribution in [-0.4, -0.2) is 4.98 Å². The van der Waals surface area contributed by atoms with Crippen LogP contribution in [0.25, 0.3) is 0 Å². The molecule has 1 heterocycles. The molecule has 1 aromatic heterocycles. The summed E-state index contributed by atoms with van der Waals surface area (Å²) in [5.74, 6) is 0. The number of rotatable bonds is 3. The number of aryl methyl sites for hydroxylation is 1. The average Bonchev–Trinajstić information content (AvgIpc) is 2.33. The van der Waals surface area contributed by atoms with Gasteiger partial charge in [0.1, 0.15) is 5.03 Å². The standard InChI is InChI=1S/C13H14N2S/c1-10-5-4-6-11(9-14)13(10)16-12-7-2-3-8-15-12/h2-8H,9,14H2,1H3. The highest BCUT2D eigenvalue weighted by Gasteiger charge is 2.06. The van der Waals surface area contributed by atoms with Crippen LogP contribution >= 0.6 is 11.8 Å². The molecule has 0 aliphatic heterocycles. The molecule has 82 valence electrons. The second kappa shape index (κ2) is 5.14. The van der Waals surface area contributed by atoms with Gasteiger partial charge in [-0.1, -0.05) is 36.0 Å². The lowest BCUT2D eigenvalue weighted by atomic mass is 10.1. The van der Waals surface area contributed by atoms with Gasteiger partial charge in [-0.3, -0.25) is 0 Å². The van der Waals surface area contributed by atoms with Crippen molar-refractivity contribution >= 4 is 11.8 Å². The van der Waals surface area contributed by atoms with Crippen molar-refractivity contribution in [2.24, 2.45) is 5.73 Å². The van der Waals surface area contributed by atoms with Crippen LogP contribution in [0.3, 0.4) is 0 Å². The zero-order valence-corrected chi connectivity index (χ0v) is 10.00. The third kappa shape index (κ3) is 2.43. The Labute approximate surface area is 99.9 Å². The summed E-state index contributed by atoms with van der Waals surface area (Å²) >= 11 is 1.67. The van der Waals surface area contributed by atoms with Crippen LogP contribution in [0.15, 0.2) is 52.5 Å². The Kier molecular flexibility index (Phi) is 3.59. The molecule has 1 aromatic carbocycles. The fourth-order valence-corrected chi connectivity index (χ4v) is 2.51. The number of pyridine rings is 1. The first-order valence-corrected chi connectivity index (χ1v) is 6.00. The van der Waals surface area contributed by atoms with Crippen LogP contribution < -0.4 is 5.73 Å². The van der Waals surface area contributed by atoms with Crippen molar-refractivity contribution in [3.05, 3.63) is 53.7 Å². The van der Waals surface area contributed by atoms with Gasteiger partial charge in [0.25, 0.3) is 0 Å². The number of aromatic nitrogens is 1. The minimum Gasteiger partial charge on any atom is -0.326 e. The zero-order valence-electron chi connectivity index (χ0n) is 9.18. The van der Waals surface area contributed by atoms with E-state index in [0.29, 0.717) is 6.54 Å². The molecule has 0 saturated heterocycles. The largest absolute Gasteiger partial charge is 0.326 e. The third-order valence-corrected chi connectivity index (χ3v) is 3.60. The van der Waals surface area contributed by atoms with Crippen molar-refractivity contribution < 1.29 is 0 Å². The first-order valence-electron chi connectivity index (χ1n) is 5.18. The lowest BCUT2D eigenvalue weighted by Crippen LogP contribution is -1.99. The van der Waals surface area contributed by atoms with Crippen molar-refractivity contribution in [2.45, 2.75) is 23.4 Å². The average molecular weight is 230 g/mol. The molecule has 0 unspecified atom stereocenters. The summed E-state index contributed by atoms with van der Waals surface area (Å²) in [5.41, 5.74) is 8.16. The molecule has 3 heteroatoms. The van der Waals surface area contributed by atoms with Crippen molar-refractivity contribution in [2.75, 3.05) is 0 Å². The minimum atomic E-state index is 0.566. The summed E-state index contributed by atoms with van der Waals surface area (Å²) in [6, 6.07) is 12.1. The lowest BCUT2D eigenvalue weighted by Gasteiger charge is -2.09. The first-order chi connectivity index (χ1) is 7.81. The normalized spacial score (nSPS) is 10.4. The highest BCUT2D eigenvalue weighted by atomic mass is 32.2. The van der Waals surface area contributed by atoms with Crippen LogP contribution in [0, 0.1) is 6.92 Å². The molecule has 0 aliphatic carbocycles. The van der Waals surface area contributed by atoms with E-state index in [0.717, 1.165) is 5.03 Å². The Bertz CT molecular complexity index is 469. The van der Waals surface area contributed by atoms with Gasteiger partial charge in [-0.2, -0.15) is 0 Å². The van der Waals surface area contributed by atoms with Crippen LogP contribution in [0.4, 0.5) is 0 Å². The number of hydrogen-bond acceptors (Lipinski definition) is 3. The van der Waals surface area contributed by atoms with E-state index in [1.54, 1.807) is 11.8 Å². The van der Waals surface area contributed by atoms with Gasteiger partial charge in [-0.15, -0.1) is 0 Å². The molecular formula is C13H14N2S. The zero-order chi connectivity index (χ0) is 11.4. The summed E-state index contributed by atoms with van der Waals surface area (Å²) in [4.78, 5) is 5.54. The molecule has 0 amide bonds. The maximum Gasteiger partial charge on any atom is 0.101 e. The molecule has 0 aliphatic rings. The molecule has 0 fully saturated rings. The van der Waals surface area contributed by atoms with E-state index in [1.807, 2.05) is 30.5 Å². The smallest absolute Gasteiger partial charge is 0.101 e. The van der Waals surface area contributed by atoms with Gasteiger partial charge in [-0.05, 0) is 30.2 Å². The van der Waals surface area contributed by atoms with Gasteiger partial charge >= 0.3 is 0 Å². The maximum atomic E-state index is 5.74. The summed E-state index contributed by atoms with van der Waals surface area (Å²) < 4.78 is 0. The van der Waals surface area contributed by atoms with Gasteiger partial charge < -0.3 is 5.73 Å². The fourth-order valence-electron chi connectivity index (χ4n) is 1.53. The SMILES string of the molecule is Cc1cccc(CN)c1Sc1ccccn1. The lowest BCUT2D eigenvalue weighted by molar-refractivity contribution is 1.01. The fraction of sp³-hybridized carbons (Fsp3) is 0.154. The van der Waals surface area contributed by atoms with Crippen LogP contribution in [0.1, 0.15) is 11.1 Å². The quantitative estimate of drug-likeness (QED) is 0.881. The highest BCUT2D eigenvalue weighted by molar-refractivity contribution is 7.99. The Morgan fingerprint density at radius 1 is 1.19 bits per heavy atom. The highest BCUT2D eigenvalue weighted by Crippen LogP contribution is 2.31. The van der Waals surface area contributed by atoms with E-state index in [2.05, 4.69) is 24.0 Å². The Balaban J connectivity index is 2.34. The van der Waals surface area contributed by atoms with Gasteiger partial charge in [0.2, 0.25) is 0 Å². The van der Waals surface area contributed by atoms with Crippen molar-refractivity contribution in [1.82, 2.24) is 4.98 Å². The molecule has 0 saturated carbocycles. The summed E-state index contributed by atoms with van der Waals surface area (Å²) in [5, 5.41) is 1.01. The molecule has 2 N–H and O–H groups in total. The van der Waals surface area contributed by atoms with Crippen LogP contribution in [0.2, 0.25) is 0 Å². The molecule has 2 rings (SSSR count). The molecule has 0 atom stereocenters. The topological polar surface area (TPSA) is 38.9 Å². The Hall–Kier alpha value is -1.32. The number of benzene rings is 1. The minimum absolute atomic E-state index is 0.566. The second-order valence-electron chi connectivity index (χ2n) is 3.54. The number of hydrogen-bond donors (Lipinski definition) is 1. The molecule has 2 nitrogen and oxygen atoms in total. The van der Waals surface area contributed by atoms with E-state index < -0.39 is 0 Å². The molecule has 0 radical (unpaired) electrons. The number of nitrogens with zero attached hydrogens (tertiary/aromatic N) is 1. The third-order valence-electron chi connectivity index (χ3n) is 2.36. The van der Waals surface area contributed by atoms with Gasteiger partial charge in [0, 0.05) is 17.6 Å². The molecule has 2 aromatic rings. The summed E-state index contributed by atoms with van der Waals surface area (Å²) in [6.07, 6.45) is 1.81. The van der Waals surface area contributed by atoms with Gasteiger partial charge in [-0.25, -0.2) is 4.98 Å². The van der Waals surface area contributed by atoms with E-state index >= 15 is 0 Å². The van der Waals surface area contributed by atoms with E-state index in [-0.39, 0.29) is 0 Å². The summed E-state index contributed by atoms with van der Waals surface area (Å²) in [6.45, 7) is 2.67. The molecule has 0 spiro atoms. The van der Waals surface area contributed by atoms with Crippen molar-refractivity contribution in [3.63, 3.8) is 0 Å². The van der Waals surface area contributed by atoms with Crippen LogP contribution in [0.5, 0.6) is 0 Å². The molecule has 16 heavy (non-hydrogen) atoms. The Morgan fingerprint density at radius 3 is 2.75 bits per heavy atom. The van der Waals surface area contributed by atoms with Crippen molar-refractivity contribution in [1.29, 1.82) is 0 Å². The van der Waals surface area contributed by atoms with E-state index in [9.17, 15) is 0 Å².